The molecular formula is C19H21NO3. The Kier molecular flexibility index (Phi) is 3.19. The third-order valence-electron chi connectivity index (χ3n) is 6.37. The molecule has 0 aromatic carbocycles. The standard InChI is InChI=1S/C19H21NO3/c1-19-7-6-15-14-5-3-13(20-23)8-11(14)2-4-16(15)17(19)9-12(10-21)18(19)22/h6-8,10,12,16-17,23H,2-5,9H2,1H3/t12?,16-,17+,19+/m1/s1. The fourth-order valence-electron chi connectivity index (χ4n) is 5.11. The number of carbonyl (C=O) groups is 2. The van der Waals surface area contributed by atoms with Gasteiger partial charge in [0.2, 0.25) is 0 Å². The van der Waals surface area contributed by atoms with Crippen LogP contribution in [-0.2, 0) is 9.59 Å². The minimum Gasteiger partial charge on any atom is -0.411 e. The molecule has 1 N–H and O–H groups in total. The van der Waals surface area contributed by atoms with Crippen LogP contribution in [0.1, 0.15) is 39.0 Å². The highest BCUT2D eigenvalue weighted by atomic mass is 16.4. The largest absolute Gasteiger partial charge is 0.411 e. The summed E-state index contributed by atoms with van der Waals surface area (Å²) < 4.78 is 0. The van der Waals surface area contributed by atoms with Gasteiger partial charge in [-0.05, 0) is 73.7 Å². The average Bonchev–Trinajstić information content (AvgIpc) is 2.85. The van der Waals surface area contributed by atoms with E-state index in [0.29, 0.717) is 12.3 Å². The van der Waals surface area contributed by atoms with Crippen LogP contribution in [-0.4, -0.2) is 23.0 Å². The van der Waals surface area contributed by atoms with Crippen LogP contribution in [0.5, 0.6) is 0 Å². The summed E-state index contributed by atoms with van der Waals surface area (Å²) in [5.41, 5.74) is 4.27. The molecule has 4 rings (SSSR count). The molecule has 0 aromatic heterocycles. The molecule has 0 spiro atoms. The first-order valence-corrected chi connectivity index (χ1v) is 8.42. The maximum atomic E-state index is 12.6. The van der Waals surface area contributed by atoms with Crippen molar-refractivity contribution in [1.29, 1.82) is 0 Å². The van der Waals surface area contributed by atoms with Crippen molar-refractivity contribution >= 4 is 17.8 Å². The molecule has 1 saturated carbocycles. The van der Waals surface area contributed by atoms with Crippen LogP contribution in [0.3, 0.4) is 0 Å². The summed E-state index contributed by atoms with van der Waals surface area (Å²) in [5.74, 6) is 0.277. The normalized spacial score (nSPS) is 40.6. The summed E-state index contributed by atoms with van der Waals surface area (Å²) in [7, 11) is 0. The summed E-state index contributed by atoms with van der Waals surface area (Å²) in [6.45, 7) is 2.00. The maximum absolute atomic E-state index is 12.6. The Bertz CT molecular complexity index is 712. The molecule has 4 aliphatic carbocycles. The highest BCUT2D eigenvalue weighted by Crippen LogP contribution is 2.56. The van der Waals surface area contributed by atoms with E-state index in [1.54, 1.807) is 0 Å². The van der Waals surface area contributed by atoms with Crippen LogP contribution in [0.4, 0.5) is 0 Å². The number of carbonyl (C=O) groups excluding carboxylic acids is 2. The van der Waals surface area contributed by atoms with Crippen molar-refractivity contribution in [1.82, 2.24) is 0 Å². The molecule has 1 fully saturated rings. The monoisotopic (exact) mass is 311 g/mol. The topological polar surface area (TPSA) is 66.7 Å². The number of allylic oxidation sites excluding steroid dienone is 6. The van der Waals surface area contributed by atoms with Gasteiger partial charge in [0.05, 0.1) is 11.6 Å². The number of oxime groups is 1. The number of Topliss-reactive ketones (excluding diaryl/α,β-unsaturated/α-hetero) is 1. The third-order valence-corrected chi connectivity index (χ3v) is 6.37. The predicted molar refractivity (Wildman–Crippen MR) is 86.2 cm³/mol. The van der Waals surface area contributed by atoms with Crippen molar-refractivity contribution in [2.75, 3.05) is 0 Å². The van der Waals surface area contributed by atoms with Crippen molar-refractivity contribution in [3.8, 4) is 0 Å². The fourth-order valence-corrected chi connectivity index (χ4v) is 5.11. The van der Waals surface area contributed by atoms with E-state index in [0.717, 1.165) is 37.7 Å². The second-order valence-electron chi connectivity index (χ2n) is 7.41. The second kappa shape index (κ2) is 5.02. The van der Waals surface area contributed by atoms with E-state index < -0.39 is 11.3 Å². The molecule has 4 aliphatic rings. The van der Waals surface area contributed by atoms with Gasteiger partial charge < -0.3 is 10.0 Å². The minimum absolute atomic E-state index is 0.0949. The molecule has 0 aliphatic heterocycles. The number of ketones is 1. The van der Waals surface area contributed by atoms with Gasteiger partial charge in [-0.15, -0.1) is 0 Å². The van der Waals surface area contributed by atoms with Crippen molar-refractivity contribution in [2.24, 2.45) is 28.3 Å². The molecule has 0 amide bonds. The molecule has 4 heteroatoms. The molecule has 120 valence electrons. The first kappa shape index (κ1) is 14.6. The van der Waals surface area contributed by atoms with Gasteiger partial charge in [-0.3, -0.25) is 4.79 Å². The van der Waals surface area contributed by atoms with Crippen LogP contribution >= 0.6 is 0 Å². The van der Waals surface area contributed by atoms with Gasteiger partial charge in [-0.25, -0.2) is 0 Å². The summed E-state index contributed by atoms with van der Waals surface area (Å²) in [6, 6.07) is 0. The summed E-state index contributed by atoms with van der Waals surface area (Å²) >= 11 is 0. The molecule has 0 aromatic rings. The first-order chi connectivity index (χ1) is 11.1. The van der Waals surface area contributed by atoms with E-state index in [2.05, 4.69) is 11.2 Å². The summed E-state index contributed by atoms with van der Waals surface area (Å²) in [4.78, 5) is 23.8. The second-order valence-corrected chi connectivity index (χ2v) is 7.41. The zero-order valence-corrected chi connectivity index (χ0v) is 13.3. The summed E-state index contributed by atoms with van der Waals surface area (Å²) in [6.07, 6.45) is 11.3. The lowest BCUT2D eigenvalue weighted by molar-refractivity contribution is -0.130. The van der Waals surface area contributed by atoms with Crippen LogP contribution in [0.25, 0.3) is 0 Å². The Morgan fingerprint density at radius 2 is 2.17 bits per heavy atom. The number of hydrogen-bond acceptors (Lipinski definition) is 4. The molecular weight excluding hydrogens is 290 g/mol. The van der Waals surface area contributed by atoms with Gasteiger partial charge in [-0.1, -0.05) is 17.3 Å². The summed E-state index contributed by atoms with van der Waals surface area (Å²) in [5, 5.41) is 12.4. The van der Waals surface area contributed by atoms with E-state index in [-0.39, 0.29) is 11.7 Å². The van der Waals surface area contributed by atoms with Crippen LogP contribution in [0.2, 0.25) is 0 Å². The lowest BCUT2D eigenvalue weighted by Gasteiger charge is -2.42. The van der Waals surface area contributed by atoms with Gasteiger partial charge in [0.1, 0.15) is 6.29 Å². The van der Waals surface area contributed by atoms with Gasteiger partial charge in [0, 0.05) is 5.41 Å². The van der Waals surface area contributed by atoms with Gasteiger partial charge in [0.15, 0.2) is 5.78 Å². The molecule has 1 unspecified atom stereocenters. The number of aldehydes is 1. The van der Waals surface area contributed by atoms with Gasteiger partial charge in [-0.2, -0.15) is 0 Å². The van der Waals surface area contributed by atoms with E-state index in [4.69, 9.17) is 5.21 Å². The molecule has 0 saturated heterocycles. The van der Waals surface area contributed by atoms with E-state index in [9.17, 15) is 9.59 Å². The highest BCUT2D eigenvalue weighted by molar-refractivity contribution is 6.01. The number of rotatable bonds is 1. The molecule has 0 bridgehead atoms. The zero-order valence-electron chi connectivity index (χ0n) is 13.3. The van der Waals surface area contributed by atoms with Crippen molar-refractivity contribution < 1.29 is 14.8 Å². The van der Waals surface area contributed by atoms with Gasteiger partial charge in [0.25, 0.3) is 0 Å². The number of hydrogen-bond donors (Lipinski definition) is 1. The number of nitrogens with zero attached hydrogens (tertiary/aromatic N) is 1. The van der Waals surface area contributed by atoms with Gasteiger partial charge >= 0.3 is 0 Å². The molecule has 4 nitrogen and oxygen atoms in total. The Morgan fingerprint density at radius 1 is 1.35 bits per heavy atom. The Morgan fingerprint density at radius 3 is 2.91 bits per heavy atom. The van der Waals surface area contributed by atoms with Crippen molar-refractivity contribution in [3.63, 3.8) is 0 Å². The smallest absolute Gasteiger partial charge is 0.152 e. The lowest BCUT2D eigenvalue weighted by atomic mass is 9.61. The lowest BCUT2D eigenvalue weighted by Crippen LogP contribution is -2.37. The minimum atomic E-state index is -0.478. The molecule has 23 heavy (non-hydrogen) atoms. The van der Waals surface area contributed by atoms with Crippen LogP contribution in [0.15, 0.2) is 40.1 Å². The maximum Gasteiger partial charge on any atom is 0.152 e. The number of fused-ring (bicyclic) bond motifs is 4. The average molecular weight is 311 g/mol. The SMILES string of the molecule is C[C@]12C=CC3=C4CCC(=NO)C=C4CC[C@H]3[C@@H]1CC(C=O)C2=O. The predicted octanol–water partition coefficient (Wildman–Crippen LogP) is 3.22. The molecule has 4 atom stereocenters. The van der Waals surface area contributed by atoms with E-state index in [1.165, 1.54) is 16.7 Å². The Labute approximate surface area is 135 Å². The van der Waals surface area contributed by atoms with E-state index in [1.807, 2.05) is 19.1 Å². The fraction of sp³-hybridized carbons (Fsp3) is 0.526. The molecule has 0 radical (unpaired) electrons. The van der Waals surface area contributed by atoms with Crippen molar-refractivity contribution in [2.45, 2.75) is 39.0 Å². The van der Waals surface area contributed by atoms with Crippen LogP contribution < -0.4 is 0 Å². The first-order valence-electron chi connectivity index (χ1n) is 8.42. The Hall–Kier alpha value is -1.97. The molecule has 0 heterocycles. The van der Waals surface area contributed by atoms with E-state index >= 15 is 0 Å². The van der Waals surface area contributed by atoms with Crippen molar-refractivity contribution in [3.05, 3.63) is 34.9 Å². The highest BCUT2D eigenvalue weighted by Gasteiger charge is 2.55. The van der Waals surface area contributed by atoms with Crippen LogP contribution in [0, 0.1) is 23.2 Å². The zero-order chi connectivity index (χ0) is 16.2. The quantitative estimate of drug-likeness (QED) is 0.350. The third kappa shape index (κ3) is 1.93. The Balaban J connectivity index is 1.79.